The Bertz CT molecular complexity index is 1030. The van der Waals surface area contributed by atoms with Crippen molar-refractivity contribution in [2.45, 2.75) is 17.8 Å². The third-order valence-electron chi connectivity index (χ3n) is 5.79. The molecule has 0 heterocycles. The van der Waals surface area contributed by atoms with Crippen LogP contribution in [0.3, 0.4) is 0 Å². The van der Waals surface area contributed by atoms with Gasteiger partial charge >= 0.3 is 0 Å². The molecule has 0 nitrogen and oxygen atoms in total. The summed E-state index contributed by atoms with van der Waals surface area (Å²) >= 11 is 6.47. The Morgan fingerprint density at radius 2 is 1.00 bits per heavy atom. The molecule has 4 heteroatoms. The van der Waals surface area contributed by atoms with Gasteiger partial charge in [-0.2, -0.15) is 0 Å². The van der Waals surface area contributed by atoms with Crippen LogP contribution in [0.1, 0.15) is 23.6 Å². The maximum Gasteiger partial charge on any atom is 0.123 e. The van der Waals surface area contributed by atoms with E-state index >= 15 is 0 Å². The van der Waals surface area contributed by atoms with Crippen LogP contribution < -0.4 is 0 Å². The zero-order chi connectivity index (χ0) is 20.6. The first kappa shape index (κ1) is 19.5. The lowest BCUT2D eigenvalue weighted by Crippen LogP contribution is -2.47. The number of hydrogen-bond donors (Lipinski definition) is 0. The lowest BCUT2D eigenvalue weighted by molar-refractivity contribution is 0.409. The minimum absolute atomic E-state index is 0.333. The Hall–Kier alpha value is -2.78. The SMILES string of the molecule is CC1(c2ccc(F)cc2)C=CC(Cl)=CC1(c1ccc(F)cc1)c1ccc(F)cc1. The largest absolute Gasteiger partial charge is 0.207 e. The lowest BCUT2D eigenvalue weighted by Gasteiger charge is -2.49. The van der Waals surface area contributed by atoms with Gasteiger partial charge in [0.1, 0.15) is 17.5 Å². The Morgan fingerprint density at radius 3 is 1.41 bits per heavy atom. The van der Waals surface area contributed by atoms with Crippen molar-refractivity contribution in [2.75, 3.05) is 0 Å². The number of allylic oxidation sites excluding steroid dienone is 4. The summed E-state index contributed by atoms with van der Waals surface area (Å²) in [6.07, 6.45) is 5.67. The monoisotopic (exact) mass is 410 g/mol. The van der Waals surface area contributed by atoms with Crippen LogP contribution in [0.15, 0.2) is 96.1 Å². The van der Waals surface area contributed by atoms with Crippen molar-refractivity contribution in [3.8, 4) is 0 Å². The molecule has 0 fully saturated rings. The minimum Gasteiger partial charge on any atom is -0.207 e. The number of benzene rings is 3. The van der Waals surface area contributed by atoms with Crippen LogP contribution in [0.5, 0.6) is 0 Å². The molecule has 0 aliphatic heterocycles. The van der Waals surface area contributed by atoms with E-state index in [0.717, 1.165) is 16.7 Å². The fourth-order valence-corrected chi connectivity index (χ4v) is 4.49. The topological polar surface area (TPSA) is 0 Å². The molecule has 4 rings (SSSR count). The zero-order valence-electron chi connectivity index (χ0n) is 15.7. The standard InChI is InChI=1S/C25H18ClF3/c1-24(17-2-8-21(27)9-3-17)15-14-20(26)16-25(24,18-4-10-22(28)11-5-18)19-6-12-23(29)13-7-19/h2-16H,1H3. The predicted octanol–water partition coefficient (Wildman–Crippen LogP) is 7.04. The first-order chi connectivity index (χ1) is 13.8. The van der Waals surface area contributed by atoms with Crippen molar-refractivity contribution in [1.29, 1.82) is 0 Å². The van der Waals surface area contributed by atoms with Gasteiger partial charge in [-0.05, 0) is 65.2 Å². The molecule has 3 aromatic rings. The molecule has 0 radical (unpaired) electrons. The van der Waals surface area contributed by atoms with Crippen LogP contribution in [0, 0.1) is 17.5 Å². The normalized spacial score (nSPS) is 20.4. The molecule has 1 aliphatic carbocycles. The molecular formula is C25H18ClF3. The van der Waals surface area contributed by atoms with Gasteiger partial charge in [-0.15, -0.1) is 0 Å². The van der Waals surface area contributed by atoms with Gasteiger partial charge in [0.05, 0.1) is 5.41 Å². The second-order valence-electron chi connectivity index (χ2n) is 7.39. The van der Waals surface area contributed by atoms with E-state index in [0.29, 0.717) is 5.03 Å². The van der Waals surface area contributed by atoms with Gasteiger partial charge < -0.3 is 0 Å². The average molecular weight is 411 g/mol. The van der Waals surface area contributed by atoms with Crippen molar-refractivity contribution in [2.24, 2.45) is 0 Å². The molecule has 0 spiro atoms. The number of hydrogen-bond acceptors (Lipinski definition) is 0. The van der Waals surface area contributed by atoms with Crippen LogP contribution in [0.2, 0.25) is 0 Å². The maximum atomic E-state index is 13.7. The first-order valence-corrected chi connectivity index (χ1v) is 9.59. The van der Waals surface area contributed by atoms with Gasteiger partial charge in [0, 0.05) is 10.4 Å². The van der Waals surface area contributed by atoms with Gasteiger partial charge in [0.25, 0.3) is 0 Å². The molecule has 1 atom stereocenters. The molecule has 0 amide bonds. The van der Waals surface area contributed by atoms with Crippen LogP contribution in [-0.2, 0) is 10.8 Å². The lowest BCUT2D eigenvalue weighted by atomic mass is 9.53. The van der Waals surface area contributed by atoms with E-state index < -0.39 is 10.8 Å². The quantitative estimate of drug-likeness (QED) is 0.434. The molecule has 1 aliphatic rings. The van der Waals surface area contributed by atoms with E-state index in [1.54, 1.807) is 42.5 Å². The molecule has 146 valence electrons. The van der Waals surface area contributed by atoms with Gasteiger partial charge in [0.15, 0.2) is 0 Å². The van der Waals surface area contributed by atoms with Crippen LogP contribution in [0.4, 0.5) is 13.2 Å². The molecule has 0 aromatic heterocycles. The van der Waals surface area contributed by atoms with Crippen molar-refractivity contribution in [3.05, 3.63) is 130 Å². The number of rotatable bonds is 3. The van der Waals surface area contributed by atoms with Crippen LogP contribution >= 0.6 is 11.6 Å². The predicted molar refractivity (Wildman–Crippen MR) is 110 cm³/mol. The van der Waals surface area contributed by atoms with E-state index in [9.17, 15) is 13.2 Å². The van der Waals surface area contributed by atoms with E-state index in [1.807, 2.05) is 19.1 Å². The van der Waals surface area contributed by atoms with E-state index in [4.69, 9.17) is 11.6 Å². The summed E-state index contributed by atoms with van der Waals surface area (Å²) in [6, 6.07) is 18.7. The fourth-order valence-electron chi connectivity index (χ4n) is 4.26. The van der Waals surface area contributed by atoms with Crippen LogP contribution in [0.25, 0.3) is 0 Å². The first-order valence-electron chi connectivity index (χ1n) is 9.21. The highest BCUT2D eigenvalue weighted by molar-refractivity contribution is 6.31. The molecule has 29 heavy (non-hydrogen) atoms. The van der Waals surface area contributed by atoms with Crippen LogP contribution in [-0.4, -0.2) is 0 Å². The fraction of sp³-hybridized carbons (Fsp3) is 0.120. The summed E-state index contributed by atoms with van der Waals surface area (Å²) < 4.78 is 41.1. The molecule has 3 aromatic carbocycles. The summed E-state index contributed by atoms with van der Waals surface area (Å²) in [5.41, 5.74) is 0.871. The Balaban J connectivity index is 2.07. The van der Waals surface area contributed by atoms with Crippen molar-refractivity contribution < 1.29 is 13.2 Å². The zero-order valence-corrected chi connectivity index (χ0v) is 16.4. The van der Waals surface area contributed by atoms with Gasteiger partial charge in [-0.25, -0.2) is 13.2 Å². The molecular weight excluding hydrogens is 393 g/mol. The van der Waals surface area contributed by atoms with Gasteiger partial charge in [0.2, 0.25) is 0 Å². The third kappa shape index (κ3) is 3.20. The van der Waals surface area contributed by atoms with Crippen molar-refractivity contribution >= 4 is 11.6 Å². The molecule has 0 saturated heterocycles. The van der Waals surface area contributed by atoms with E-state index in [1.165, 1.54) is 36.4 Å². The third-order valence-corrected chi connectivity index (χ3v) is 6.03. The summed E-state index contributed by atoms with van der Waals surface area (Å²) in [5.74, 6) is -1.04. The van der Waals surface area contributed by atoms with Gasteiger partial charge in [-0.3, -0.25) is 0 Å². The van der Waals surface area contributed by atoms with E-state index in [-0.39, 0.29) is 17.5 Å². The van der Waals surface area contributed by atoms with Crippen molar-refractivity contribution in [3.63, 3.8) is 0 Å². The molecule has 0 saturated carbocycles. The summed E-state index contributed by atoms with van der Waals surface area (Å²) in [5, 5.41) is 0.512. The van der Waals surface area contributed by atoms with E-state index in [2.05, 4.69) is 0 Å². The van der Waals surface area contributed by atoms with Gasteiger partial charge in [-0.1, -0.05) is 61.0 Å². The highest BCUT2D eigenvalue weighted by Crippen LogP contribution is 2.54. The summed E-state index contributed by atoms with van der Waals surface area (Å²) in [7, 11) is 0. The smallest absolute Gasteiger partial charge is 0.123 e. The van der Waals surface area contributed by atoms with Crippen molar-refractivity contribution in [1.82, 2.24) is 0 Å². The Kier molecular flexibility index (Phi) is 4.87. The molecule has 0 N–H and O–H groups in total. The molecule has 0 bridgehead atoms. The second-order valence-corrected chi connectivity index (χ2v) is 7.83. The Morgan fingerprint density at radius 1 is 0.621 bits per heavy atom. The highest BCUT2D eigenvalue weighted by atomic mass is 35.5. The summed E-state index contributed by atoms with van der Waals surface area (Å²) in [6.45, 7) is 2.02. The maximum absolute atomic E-state index is 13.7. The average Bonchev–Trinajstić information content (AvgIpc) is 2.71. The second kappa shape index (κ2) is 7.23. The molecule has 1 unspecified atom stereocenters. The highest BCUT2D eigenvalue weighted by Gasteiger charge is 2.50. The Labute approximate surface area is 173 Å². The summed E-state index contributed by atoms with van der Waals surface area (Å²) in [4.78, 5) is 0. The number of halogens is 4. The minimum atomic E-state index is -0.863.